The van der Waals surface area contributed by atoms with Gasteiger partial charge < -0.3 is 20.4 Å². The zero-order chi connectivity index (χ0) is 20.3. The highest BCUT2D eigenvalue weighted by molar-refractivity contribution is 5.89. The highest BCUT2D eigenvalue weighted by Crippen LogP contribution is 2.29. The lowest BCUT2D eigenvalue weighted by molar-refractivity contribution is -0.135. The number of nitrogens with zero attached hydrogens (tertiary/aromatic N) is 1. The maximum absolute atomic E-state index is 12.9. The molecule has 2 aromatic rings. The van der Waals surface area contributed by atoms with Crippen molar-refractivity contribution in [3.8, 4) is 0 Å². The van der Waals surface area contributed by atoms with Crippen LogP contribution in [0.3, 0.4) is 0 Å². The van der Waals surface area contributed by atoms with Crippen molar-refractivity contribution in [1.29, 1.82) is 0 Å². The molecule has 7 heteroatoms. The Bertz CT molecular complexity index is 862. The molecule has 0 spiro atoms. The number of aryl methyl sites for hydroxylation is 1. The molecule has 1 saturated heterocycles. The number of halogens is 1. The molecule has 1 atom stereocenters. The van der Waals surface area contributed by atoms with Gasteiger partial charge in [-0.2, -0.15) is 0 Å². The molecule has 3 rings (SSSR count). The van der Waals surface area contributed by atoms with Crippen LogP contribution in [-0.4, -0.2) is 42.9 Å². The molecule has 1 aromatic heterocycles. The molecule has 29 heavy (non-hydrogen) atoms. The number of hydrogen-bond donors (Lipinski definition) is 2. The molecule has 1 aliphatic heterocycles. The van der Waals surface area contributed by atoms with E-state index < -0.39 is 0 Å². The highest BCUT2D eigenvalue weighted by Gasteiger charge is 2.28. The number of rotatable bonds is 6. The first-order chi connectivity index (χ1) is 13.4. The summed E-state index contributed by atoms with van der Waals surface area (Å²) in [5.41, 5.74) is 9.67. The Hall–Kier alpha value is -2.05. The van der Waals surface area contributed by atoms with Gasteiger partial charge in [-0.1, -0.05) is 13.8 Å². The maximum Gasteiger partial charge on any atom is 0.227 e. The number of piperidine rings is 1. The van der Waals surface area contributed by atoms with Crippen LogP contribution in [0.2, 0.25) is 0 Å². The average Bonchev–Trinajstić information content (AvgIpc) is 3.06. The number of furan rings is 1. The van der Waals surface area contributed by atoms with Crippen molar-refractivity contribution < 1.29 is 14.0 Å². The quantitative estimate of drug-likeness (QED) is 0.749. The van der Waals surface area contributed by atoms with Crippen LogP contribution in [0.1, 0.15) is 49.3 Å². The van der Waals surface area contributed by atoms with Crippen LogP contribution in [0.5, 0.6) is 0 Å². The number of likely N-dealkylation sites (tertiary alicyclic amines) is 1. The Morgan fingerprint density at radius 1 is 1.34 bits per heavy atom. The van der Waals surface area contributed by atoms with Crippen LogP contribution in [-0.2, 0) is 16.0 Å². The van der Waals surface area contributed by atoms with Crippen molar-refractivity contribution in [2.24, 2.45) is 11.7 Å². The van der Waals surface area contributed by atoms with Crippen molar-refractivity contribution >= 4 is 35.2 Å². The molecule has 6 nitrogen and oxygen atoms in total. The molecular weight excluding hydrogens is 390 g/mol. The SMILES string of the molecule is Cc1cc2occ(CC(=O)N3CCCC(C(=O)NCCN)C3)c2cc1C(C)C.Cl. The first-order valence-electron chi connectivity index (χ1n) is 10.2. The Kier molecular flexibility index (Phi) is 8.11. The third-order valence-corrected chi connectivity index (χ3v) is 5.59. The molecule has 0 radical (unpaired) electrons. The Morgan fingerprint density at radius 2 is 2.10 bits per heavy atom. The minimum absolute atomic E-state index is 0. The van der Waals surface area contributed by atoms with Gasteiger partial charge in [-0.05, 0) is 48.9 Å². The number of nitrogens with one attached hydrogen (secondary N) is 1. The summed E-state index contributed by atoms with van der Waals surface area (Å²) in [5, 5.41) is 3.85. The van der Waals surface area contributed by atoms with E-state index >= 15 is 0 Å². The number of carbonyl (C=O) groups is 2. The second-order valence-corrected chi connectivity index (χ2v) is 8.06. The number of fused-ring (bicyclic) bond motifs is 1. The molecule has 160 valence electrons. The zero-order valence-corrected chi connectivity index (χ0v) is 18.3. The second-order valence-electron chi connectivity index (χ2n) is 8.06. The molecule has 2 heterocycles. The van der Waals surface area contributed by atoms with Crippen molar-refractivity contribution in [3.05, 3.63) is 35.1 Å². The number of hydrogen-bond acceptors (Lipinski definition) is 4. The van der Waals surface area contributed by atoms with Crippen LogP contribution in [0, 0.1) is 12.8 Å². The Labute approximate surface area is 178 Å². The third-order valence-electron chi connectivity index (χ3n) is 5.59. The summed E-state index contributed by atoms with van der Waals surface area (Å²) in [6, 6.07) is 4.21. The van der Waals surface area contributed by atoms with Gasteiger partial charge in [0.1, 0.15) is 5.58 Å². The van der Waals surface area contributed by atoms with E-state index in [-0.39, 0.29) is 30.1 Å². The molecule has 0 aliphatic carbocycles. The highest BCUT2D eigenvalue weighted by atomic mass is 35.5. The van der Waals surface area contributed by atoms with E-state index in [0.29, 0.717) is 38.5 Å². The Balaban J connectivity index is 0.00000300. The standard InChI is InChI=1S/C22H31N3O3.ClH/c1-14(2)18-11-19-17(13-28-20(19)9-15(18)3)10-21(26)25-8-4-5-16(12-25)22(27)24-7-6-23;/h9,11,13-14,16H,4-8,10,12,23H2,1-3H3,(H,24,27);1H. The maximum atomic E-state index is 12.9. The third kappa shape index (κ3) is 5.31. The summed E-state index contributed by atoms with van der Waals surface area (Å²) < 4.78 is 5.71. The van der Waals surface area contributed by atoms with E-state index in [1.165, 1.54) is 11.1 Å². The van der Waals surface area contributed by atoms with Crippen LogP contribution >= 0.6 is 12.4 Å². The lowest BCUT2D eigenvalue weighted by Crippen LogP contribution is -2.46. The fraction of sp³-hybridized carbons (Fsp3) is 0.545. The summed E-state index contributed by atoms with van der Waals surface area (Å²) in [4.78, 5) is 27.0. The molecule has 1 fully saturated rings. The monoisotopic (exact) mass is 421 g/mol. The summed E-state index contributed by atoms with van der Waals surface area (Å²) in [7, 11) is 0. The van der Waals surface area contributed by atoms with Gasteiger partial charge in [0.05, 0.1) is 18.6 Å². The lowest BCUT2D eigenvalue weighted by Gasteiger charge is -2.32. The molecular formula is C22H32ClN3O3. The molecule has 0 saturated carbocycles. The van der Waals surface area contributed by atoms with Crippen LogP contribution in [0.15, 0.2) is 22.8 Å². The van der Waals surface area contributed by atoms with Gasteiger partial charge in [-0.15, -0.1) is 12.4 Å². The predicted molar refractivity (Wildman–Crippen MR) is 117 cm³/mol. The van der Waals surface area contributed by atoms with E-state index in [1.54, 1.807) is 6.26 Å². The van der Waals surface area contributed by atoms with E-state index in [9.17, 15) is 9.59 Å². The van der Waals surface area contributed by atoms with Gasteiger partial charge in [0.2, 0.25) is 11.8 Å². The fourth-order valence-electron chi connectivity index (χ4n) is 4.04. The fourth-order valence-corrected chi connectivity index (χ4v) is 4.04. The molecule has 3 N–H and O–H groups in total. The number of benzene rings is 1. The van der Waals surface area contributed by atoms with E-state index in [0.717, 1.165) is 29.4 Å². The van der Waals surface area contributed by atoms with Crippen LogP contribution in [0.4, 0.5) is 0 Å². The van der Waals surface area contributed by atoms with Gasteiger partial charge in [0, 0.05) is 37.1 Å². The second kappa shape index (κ2) is 10.1. The van der Waals surface area contributed by atoms with Gasteiger partial charge in [0.15, 0.2) is 0 Å². The van der Waals surface area contributed by atoms with Crippen molar-refractivity contribution in [2.75, 3.05) is 26.2 Å². The summed E-state index contributed by atoms with van der Waals surface area (Å²) in [6.45, 7) is 8.50. The average molecular weight is 422 g/mol. The lowest BCUT2D eigenvalue weighted by atomic mass is 9.94. The topological polar surface area (TPSA) is 88.6 Å². The predicted octanol–water partition coefficient (Wildman–Crippen LogP) is 3.14. The van der Waals surface area contributed by atoms with E-state index in [4.69, 9.17) is 10.2 Å². The van der Waals surface area contributed by atoms with E-state index in [1.807, 2.05) is 4.90 Å². The first kappa shape index (κ1) is 23.2. The molecule has 0 bridgehead atoms. The van der Waals surface area contributed by atoms with Gasteiger partial charge >= 0.3 is 0 Å². The molecule has 1 aromatic carbocycles. The number of amides is 2. The number of nitrogens with two attached hydrogens (primary N) is 1. The minimum Gasteiger partial charge on any atom is -0.464 e. The van der Waals surface area contributed by atoms with Gasteiger partial charge in [0.25, 0.3) is 0 Å². The normalized spacial score (nSPS) is 16.7. The smallest absolute Gasteiger partial charge is 0.227 e. The summed E-state index contributed by atoms with van der Waals surface area (Å²) >= 11 is 0. The number of carbonyl (C=O) groups excluding carboxylic acids is 2. The summed E-state index contributed by atoms with van der Waals surface area (Å²) in [6.07, 6.45) is 3.65. The van der Waals surface area contributed by atoms with Gasteiger partial charge in [-0.3, -0.25) is 9.59 Å². The largest absolute Gasteiger partial charge is 0.464 e. The minimum atomic E-state index is -0.152. The van der Waals surface area contributed by atoms with Crippen LogP contribution in [0.25, 0.3) is 11.0 Å². The van der Waals surface area contributed by atoms with Crippen molar-refractivity contribution in [3.63, 3.8) is 0 Å². The molecule has 1 unspecified atom stereocenters. The molecule has 1 aliphatic rings. The van der Waals surface area contributed by atoms with Crippen molar-refractivity contribution in [1.82, 2.24) is 10.2 Å². The first-order valence-corrected chi connectivity index (χ1v) is 10.2. The van der Waals surface area contributed by atoms with Gasteiger partial charge in [-0.25, -0.2) is 0 Å². The zero-order valence-electron chi connectivity index (χ0n) is 17.5. The van der Waals surface area contributed by atoms with Crippen molar-refractivity contribution in [2.45, 2.75) is 46.0 Å². The summed E-state index contributed by atoms with van der Waals surface area (Å²) in [5.74, 6) is 0.303. The van der Waals surface area contributed by atoms with Crippen LogP contribution < -0.4 is 11.1 Å². The van der Waals surface area contributed by atoms with E-state index in [2.05, 4.69) is 38.2 Å². The molecule has 2 amide bonds. The Morgan fingerprint density at radius 3 is 2.79 bits per heavy atom.